The van der Waals surface area contributed by atoms with Gasteiger partial charge in [0.05, 0.1) is 16.8 Å². The van der Waals surface area contributed by atoms with Crippen molar-refractivity contribution in [3.63, 3.8) is 0 Å². The molecule has 0 fully saturated rings. The second kappa shape index (κ2) is 10.3. The molecule has 0 atom stereocenters. The minimum absolute atomic E-state index is 0.219. The van der Waals surface area contributed by atoms with E-state index in [0.717, 1.165) is 52.6 Å². The Morgan fingerprint density at radius 2 is 1.78 bits per heavy atom. The van der Waals surface area contributed by atoms with E-state index in [0.29, 0.717) is 0 Å². The number of aliphatic hydroxyl groups is 1. The standard InChI is InChI=1S/C29H31NO2/c1-5-23(27(6-2)29(3,4)32)12-8-11-21-9-7-10-22(19-21)13-16-25-17-14-24-15-18-26(31)20-28(24)30-25/h5-7,9-10,13-20,31-32H,1-2,8,11-12H2,3-4H3/b16-13+,27-23-. The number of phenolic OH excluding ortho intramolecular Hbond substituents is 1. The number of fused-ring (bicyclic) bond motifs is 1. The van der Waals surface area contributed by atoms with Crippen LogP contribution in [0.3, 0.4) is 0 Å². The lowest BCUT2D eigenvalue weighted by molar-refractivity contribution is 0.122. The maximum Gasteiger partial charge on any atom is 0.117 e. The molecule has 0 radical (unpaired) electrons. The zero-order valence-corrected chi connectivity index (χ0v) is 18.9. The monoisotopic (exact) mass is 425 g/mol. The first-order valence-electron chi connectivity index (χ1n) is 10.9. The Hall–Kier alpha value is -3.43. The molecule has 0 amide bonds. The average molecular weight is 426 g/mol. The zero-order valence-electron chi connectivity index (χ0n) is 18.9. The van der Waals surface area contributed by atoms with Crippen LogP contribution in [-0.2, 0) is 6.42 Å². The summed E-state index contributed by atoms with van der Waals surface area (Å²) in [4.78, 5) is 4.61. The Kier molecular flexibility index (Phi) is 7.45. The van der Waals surface area contributed by atoms with Crippen molar-refractivity contribution >= 4 is 23.1 Å². The van der Waals surface area contributed by atoms with Gasteiger partial charge in [-0.05, 0) is 79.7 Å². The van der Waals surface area contributed by atoms with Crippen molar-refractivity contribution in [2.24, 2.45) is 0 Å². The van der Waals surface area contributed by atoms with E-state index in [4.69, 9.17) is 0 Å². The second-order valence-electron chi connectivity index (χ2n) is 8.45. The first-order valence-corrected chi connectivity index (χ1v) is 10.9. The number of pyridine rings is 1. The fourth-order valence-electron chi connectivity index (χ4n) is 3.85. The van der Waals surface area contributed by atoms with Crippen LogP contribution in [0.4, 0.5) is 0 Å². The lowest BCUT2D eigenvalue weighted by atomic mass is 9.90. The van der Waals surface area contributed by atoms with Gasteiger partial charge >= 0.3 is 0 Å². The Labute approximate surface area is 190 Å². The van der Waals surface area contributed by atoms with Gasteiger partial charge in [-0.15, -0.1) is 0 Å². The lowest BCUT2D eigenvalue weighted by Crippen LogP contribution is -2.22. The Morgan fingerprint density at radius 3 is 2.50 bits per heavy atom. The van der Waals surface area contributed by atoms with E-state index in [2.05, 4.69) is 48.5 Å². The van der Waals surface area contributed by atoms with Gasteiger partial charge in [0, 0.05) is 11.5 Å². The molecule has 0 bridgehead atoms. The zero-order chi connectivity index (χ0) is 23.1. The van der Waals surface area contributed by atoms with E-state index in [9.17, 15) is 10.2 Å². The molecule has 2 N–H and O–H groups in total. The van der Waals surface area contributed by atoms with Crippen LogP contribution in [0.2, 0.25) is 0 Å². The minimum atomic E-state index is -0.925. The number of hydrogen-bond donors (Lipinski definition) is 2. The number of benzene rings is 2. The smallest absolute Gasteiger partial charge is 0.117 e. The average Bonchev–Trinajstić information content (AvgIpc) is 2.76. The van der Waals surface area contributed by atoms with E-state index in [-0.39, 0.29) is 5.75 Å². The fraction of sp³-hybridized carbons (Fsp3) is 0.207. The number of allylic oxidation sites excluding steroid dienone is 2. The van der Waals surface area contributed by atoms with Gasteiger partial charge in [0.25, 0.3) is 0 Å². The number of hydrogen-bond acceptors (Lipinski definition) is 3. The third kappa shape index (κ3) is 6.05. The molecular weight excluding hydrogens is 394 g/mol. The summed E-state index contributed by atoms with van der Waals surface area (Å²) in [5.74, 6) is 0.219. The van der Waals surface area contributed by atoms with Crippen LogP contribution in [-0.4, -0.2) is 20.8 Å². The predicted octanol–water partition coefficient (Wildman–Crippen LogP) is 6.87. The minimum Gasteiger partial charge on any atom is -0.508 e. The third-order valence-electron chi connectivity index (χ3n) is 5.46. The van der Waals surface area contributed by atoms with Crippen LogP contribution in [0.1, 0.15) is 43.5 Å². The molecule has 0 aliphatic rings. The molecule has 3 aromatic rings. The van der Waals surface area contributed by atoms with Crippen LogP contribution in [0.5, 0.6) is 5.75 Å². The number of aryl methyl sites for hydroxylation is 1. The molecule has 3 heteroatoms. The van der Waals surface area contributed by atoms with Crippen molar-refractivity contribution in [1.29, 1.82) is 0 Å². The van der Waals surface area contributed by atoms with E-state index < -0.39 is 5.60 Å². The van der Waals surface area contributed by atoms with Crippen LogP contribution in [0.25, 0.3) is 23.1 Å². The van der Waals surface area contributed by atoms with E-state index in [1.54, 1.807) is 32.1 Å². The summed E-state index contributed by atoms with van der Waals surface area (Å²) in [6.07, 6.45) is 10.3. The van der Waals surface area contributed by atoms with Crippen molar-refractivity contribution in [3.05, 3.63) is 108 Å². The summed E-state index contributed by atoms with van der Waals surface area (Å²) in [6.45, 7) is 11.3. The Bertz CT molecular complexity index is 1180. The fourth-order valence-corrected chi connectivity index (χ4v) is 3.85. The van der Waals surface area contributed by atoms with Crippen molar-refractivity contribution in [2.45, 2.75) is 38.7 Å². The van der Waals surface area contributed by atoms with Crippen LogP contribution < -0.4 is 0 Å². The third-order valence-corrected chi connectivity index (χ3v) is 5.46. The highest BCUT2D eigenvalue weighted by Crippen LogP contribution is 2.25. The number of aromatic nitrogens is 1. The van der Waals surface area contributed by atoms with Crippen molar-refractivity contribution in [2.75, 3.05) is 0 Å². The summed E-state index contributed by atoms with van der Waals surface area (Å²) in [7, 11) is 0. The molecule has 164 valence electrons. The van der Waals surface area contributed by atoms with Gasteiger partial charge in [0.2, 0.25) is 0 Å². The van der Waals surface area contributed by atoms with Gasteiger partial charge < -0.3 is 10.2 Å². The molecule has 3 rings (SSSR count). The molecule has 3 nitrogen and oxygen atoms in total. The van der Waals surface area contributed by atoms with Crippen molar-refractivity contribution in [1.82, 2.24) is 4.98 Å². The molecule has 32 heavy (non-hydrogen) atoms. The first-order chi connectivity index (χ1) is 15.3. The normalized spacial score (nSPS) is 12.7. The summed E-state index contributed by atoms with van der Waals surface area (Å²) >= 11 is 0. The first kappa shape index (κ1) is 23.2. The summed E-state index contributed by atoms with van der Waals surface area (Å²) in [5.41, 5.74) is 4.94. The maximum absolute atomic E-state index is 10.4. The Balaban J connectivity index is 1.68. The summed E-state index contributed by atoms with van der Waals surface area (Å²) in [5, 5.41) is 21.0. The SMILES string of the molecule is C=C/C(CCCc1cccc(/C=C/c2ccc3ccc(O)cc3n2)c1)=C(\C=C)C(C)(C)O. The van der Waals surface area contributed by atoms with Gasteiger partial charge in [0.1, 0.15) is 5.75 Å². The van der Waals surface area contributed by atoms with Gasteiger partial charge in [-0.25, -0.2) is 4.98 Å². The molecule has 2 aromatic carbocycles. The molecule has 0 saturated heterocycles. The Morgan fingerprint density at radius 1 is 1.00 bits per heavy atom. The molecule has 0 saturated carbocycles. The highest BCUT2D eigenvalue weighted by atomic mass is 16.3. The van der Waals surface area contributed by atoms with E-state index >= 15 is 0 Å². The topological polar surface area (TPSA) is 53.4 Å². The van der Waals surface area contributed by atoms with Crippen LogP contribution in [0, 0.1) is 0 Å². The molecular formula is C29H31NO2. The molecule has 0 spiro atoms. The number of nitrogens with zero attached hydrogens (tertiary/aromatic N) is 1. The van der Waals surface area contributed by atoms with E-state index in [1.807, 2.05) is 30.4 Å². The summed E-state index contributed by atoms with van der Waals surface area (Å²) < 4.78 is 0. The van der Waals surface area contributed by atoms with Gasteiger partial charge in [-0.2, -0.15) is 0 Å². The van der Waals surface area contributed by atoms with Crippen LogP contribution in [0.15, 0.2) is 91.1 Å². The largest absolute Gasteiger partial charge is 0.508 e. The van der Waals surface area contributed by atoms with Crippen molar-refractivity contribution in [3.8, 4) is 5.75 Å². The molecule has 0 unspecified atom stereocenters. The molecule has 0 aliphatic heterocycles. The highest BCUT2D eigenvalue weighted by Gasteiger charge is 2.19. The van der Waals surface area contributed by atoms with Gasteiger partial charge in [0.15, 0.2) is 0 Å². The highest BCUT2D eigenvalue weighted by molar-refractivity contribution is 5.82. The van der Waals surface area contributed by atoms with Gasteiger partial charge in [-0.1, -0.05) is 61.7 Å². The molecule has 1 aromatic heterocycles. The number of rotatable bonds is 9. The van der Waals surface area contributed by atoms with Gasteiger partial charge in [-0.3, -0.25) is 0 Å². The lowest BCUT2D eigenvalue weighted by Gasteiger charge is -2.22. The predicted molar refractivity (Wildman–Crippen MR) is 135 cm³/mol. The second-order valence-corrected chi connectivity index (χ2v) is 8.45. The molecule has 1 heterocycles. The summed E-state index contributed by atoms with van der Waals surface area (Å²) in [6, 6.07) is 17.7. The molecule has 0 aliphatic carbocycles. The number of phenols is 1. The van der Waals surface area contributed by atoms with E-state index in [1.165, 1.54) is 5.56 Å². The van der Waals surface area contributed by atoms with Crippen molar-refractivity contribution < 1.29 is 10.2 Å². The van der Waals surface area contributed by atoms with Crippen LogP contribution >= 0.6 is 0 Å². The quantitative estimate of drug-likeness (QED) is 0.368. The maximum atomic E-state index is 10.4. The number of aromatic hydroxyl groups is 1.